The van der Waals surface area contributed by atoms with Crippen LogP contribution in [-0.4, -0.2) is 24.3 Å². The Labute approximate surface area is 195 Å². The van der Waals surface area contributed by atoms with Crippen molar-refractivity contribution in [1.82, 2.24) is 15.3 Å². The van der Waals surface area contributed by atoms with Gasteiger partial charge in [-0.25, -0.2) is 22.2 Å². The summed E-state index contributed by atoms with van der Waals surface area (Å²) >= 11 is 0. The Morgan fingerprint density at radius 3 is 2.44 bits per heavy atom. The predicted molar refractivity (Wildman–Crippen MR) is 125 cm³/mol. The Morgan fingerprint density at radius 2 is 1.74 bits per heavy atom. The third-order valence-corrected chi connectivity index (χ3v) is 6.61. The van der Waals surface area contributed by atoms with E-state index >= 15 is 0 Å². The highest BCUT2D eigenvalue weighted by Crippen LogP contribution is 2.24. The van der Waals surface area contributed by atoms with Gasteiger partial charge in [0.05, 0.1) is 22.0 Å². The van der Waals surface area contributed by atoms with E-state index in [1.807, 2.05) is 38.1 Å². The van der Waals surface area contributed by atoms with Gasteiger partial charge in [0.25, 0.3) is 15.9 Å². The Hall–Kier alpha value is -3.79. The molecular formula is C24H22F2N4O3S. The molecule has 3 N–H and O–H groups in total. The molecule has 0 fully saturated rings. The molecule has 0 radical (unpaired) electrons. The number of hydrogen-bond donors (Lipinski definition) is 3. The van der Waals surface area contributed by atoms with Crippen LogP contribution in [0.1, 0.15) is 36.1 Å². The van der Waals surface area contributed by atoms with E-state index in [0.29, 0.717) is 11.9 Å². The number of carbonyl (C=O) groups is 1. The summed E-state index contributed by atoms with van der Waals surface area (Å²) in [6, 6.07) is 15.3. The van der Waals surface area contributed by atoms with Crippen molar-refractivity contribution in [2.75, 3.05) is 4.72 Å². The lowest BCUT2D eigenvalue weighted by Gasteiger charge is -2.20. The van der Waals surface area contributed by atoms with E-state index in [1.165, 1.54) is 18.2 Å². The second kappa shape index (κ2) is 9.22. The van der Waals surface area contributed by atoms with Crippen molar-refractivity contribution in [3.8, 4) is 0 Å². The molecule has 7 nitrogen and oxygen atoms in total. The van der Waals surface area contributed by atoms with E-state index in [2.05, 4.69) is 20.0 Å². The van der Waals surface area contributed by atoms with Gasteiger partial charge in [-0.1, -0.05) is 32.0 Å². The Morgan fingerprint density at radius 1 is 0.971 bits per heavy atom. The highest BCUT2D eigenvalue weighted by molar-refractivity contribution is 7.92. The standard InChI is InChI=1S/C24H22F2N4O3S/c1-14(2)22(23-27-20-8-3-4-9-21(20)28-23)29-24(31)15-6-5-7-16(12-15)30-34(32,33)17-10-11-18(25)19(26)13-17/h3-14,22,30H,1-2H3,(H,27,28)(H,29,31). The first-order chi connectivity index (χ1) is 16.1. The van der Waals surface area contributed by atoms with Crippen LogP contribution in [0.2, 0.25) is 0 Å². The summed E-state index contributed by atoms with van der Waals surface area (Å²) in [7, 11) is -4.19. The number of aromatic amines is 1. The maximum Gasteiger partial charge on any atom is 0.261 e. The third-order valence-electron chi connectivity index (χ3n) is 5.23. The average molecular weight is 485 g/mol. The van der Waals surface area contributed by atoms with E-state index in [0.717, 1.165) is 23.2 Å². The second-order valence-electron chi connectivity index (χ2n) is 8.10. The summed E-state index contributed by atoms with van der Waals surface area (Å²) in [6.45, 7) is 3.90. The van der Waals surface area contributed by atoms with E-state index in [4.69, 9.17) is 0 Å². The minimum absolute atomic E-state index is 0.0135. The fourth-order valence-electron chi connectivity index (χ4n) is 3.48. The first-order valence-electron chi connectivity index (χ1n) is 10.5. The minimum Gasteiger partial charge on any atom is -0.342 e. The van der Waals surface area contributed by atoms with Gasteiger partial charge in [-0.3, -0.25) is 9.52 Å². The summed E-state index contributed by atoms with van der Waals surface area (Å²) in [5, 5.41) is 2.94. The highest BCUT2D eigenvalue weighted by Gasteiger charge is 2.23. The maximum atomic E-state index is 13.5. The molecule has 0 saturated carbocycles. The molecule has 1 heterocycles. The van der Waals surface area contributed by atoms with Crippen LogP contribution < -0.4 is 10.0 Å². The lowest BCUT2D eigenvalue weighted by molar-refractivity contribution is 0.0923. The summed E-state index contributed by atoms with van der Waals surface area (Å²) in [6.07, 6.45) is 0. The number of amides is 1. The van der Waals surface area contributed by atoms with Crippen LogP contribution in [0.15, 0.2) is 71.6 Å². The lowest BCUT2D eigenvalue weighted by Crippen LogP contribution is -2.32. The van der Waals surface area contributed by atoms with E-state index in [9.17, 15) is 22.0 Å². The molecule has 0 aliphatic rings. The molecule has 3 aromatic carbocycles. The molecule has 1 aromatic heterocycles. The number of nitrogens with one attached hydrogen (secondary N) is 3. The number of anilines is 1. The topological polar surface area (TPSA) is 104 Å². The summed E-state index contributed by atoms with van der Waals surface area (Å²) in [5.41, 5.74) is 1.95. The SMILES string of the molecule is CC(C)C(NC(=O)c1cccc(NS(=O)(=O)c2ccc(F)c(F)c2)c1)c1nc2ccccc2[nH]1. The van der Waals surface area contributed by atoms with Gasteiger partial charge in [-0.15, -0.1) is 0 Å². The van der Waals surface area contributed by atoms with Crippen LogP contribution in [0.4, 0.5) is 14.5 Å². The Balaban J connectivity index is 1.55. The van der Waals surface area contributed by atoms with Crippen molar-refractivity contribution < 1.29 is 22.0 Å². The fourth-order valence-corrected chi connectivity index (χ4v) is 4.54. The van der Waals surface area contributed by atoms with Gasteiger partial charge in [0.15, 0.2) is 11.6 Å². The number of carbonyl (C=O) groups excluding carboxylic acids is 1. The molecule has 34 heavy (non-hydrogen) atoms. The lowest BCUT2D eigenvalue weighted by atomic mass is 10.0. The number of sulfonamides is 1. The average Bonchev–Trinajstić information content (AvgIpc) is 3.22. The van der Waals surface area contributed by atoms with Crippen LogP contribution in [0.5, 0.6) is 0 Å². The third kappa shape index (κ3) is 4.91. The number of benzene rings is 3. The number of nitrogens with zero attached hydrogens (tertiary/aromatic N) is 1. The van der Waals surface area contributed by atoms with Gasteiger partial charge in [0.2, 0.25) is 0 Å². The van der Waals surface area contributed by atoms with Crippen molar-refractivity contribution in [2.24, 2.45) is 5.92 Å². The van der Waals surface area contributed by atoms with Crippen molar-refractivity contribution >= 4 is 32.7 Å². The number of imidazole rings is 1. The summed E-state index contributed by atoms with van der Waals surface area (Å²) < 4.78 is 54.1. The van der Waals surface area contributed by atoms with Crippen molar-refractivity contribution in [3.63, 3.8) is 0 Å². The first kappa shape index (κ1) is 23.4. The highest BCUT2D eigenvalue weighted by atomic mass is 32.2. The van der Waals surface area contributed by atoms with Gasteiger partial charge in [-0.05, 0) is 54.4 Å². The van der Waals surface area contributed by atoms with Gasteiger partial charge in [0.1, 0.15) is 5.82 Å². The van der Waals surface area contributed by atoms with Gasteiger partial charge < -0.3 is 10.3 Å². The summed E-state index contributed by atoms with van der Waals surface area (Å²) in [4.78, 5) is 20.4. The van der Waals surface area contributed by atoms with Crippen LogP contribution in [0.3, 0.4) is 0 Å². The van der Waals surface area contributed by atoms with Crippen LogP contribution in [0.25, 0.3) is 11.0 Å². The molecule has 0 aliphatic heterocycles. The molecule has 1 atom stereocenters. The van der Waals surface area contributed by atoms with E-state index in [1.54, 1.807) is 6.07 Å². The molecule has 10 heteroatoms. The predicted octanol–water partition coefficient (Wildman–Crippen LogP) is 4.77. The van der Waals surface area contributed by atoms with Gasteiger partial charge in [0, 0.05) is 11.3 Å². The number of hydrogen-bond acceptors (Lipinski definition) is 4. The normalized spacial score (nSPS) is 12.6. The van der Waals surface area contributed by atoms with Gasteiger partial charge in [-0.2, -0.15) is 0 Å². The molecule has 4 rings (SSSR count). The van der Waals surface area contributed by atoms with Crippen LogP contribution in [0, 0.1) is 17.6 Å². The molecule has 0 spiro atoms. The molecule has 1 unspecified atom stereocenters. The quantitative estimate of drug-likeness (QED) is 0.352. The zero-order valence-electron chi connectivity index (χ0n) is 18.3. The molecule has 0 bridgehead atoms. The van der Waals surface area contributed by atoms with E-state index in [-0.39, 0.29) is 17.2 Å². The monoisotopic (exact) mass is 484 g/mol. The number of H-pyrrole nitrogens is 1. The summed E-state index contributed by atoms with van der Waals surface area (Å²) in [5.74, 6) is -2.23. The van der Waals surface area contributed by atoms with Crippen molar-refractivity contribution in [1.29, 1.82) is 0 Å². The molecule has 4 aromatic rings. The zero-order chi connectivity index (χ0) is 24.5. The van der Waals surface area contributed by atoms with E-state index < -0.39 is 38.5 Å². The number of aromatic nitrogens is 2. The van der Waals surface area contributed by atoms with Crippen LogP contribution >= 0.6 is 0 Å². The zero-order valence-corrected chi connectivity index (χ0v) is 19.2. The van der Waals surface area contributed by atoms with Gasteiger partial charge >= 0.3 is 0 Å². The Kier molecular flexibility index (Phi) is 6.34. The molecule has 0 saturated heterocycles. The maximum absolute atomic E-state index is 13.5. The first-order valence-corrected chi connectivity index (χ1v) is 12.0. The number of halogens is 2. The van der Waals surface area contributed by atoms with Crippen molar-refractivity contribution in [3.05, 3.63) is 89.8 Å². The second-order valence-corrected chi connectivity index (χ2v) is 9.78. The van der Waals surface area contributed by atoms with Crippen LogP contribution in [-0.2, 0) is 10.0 Å². The Bertz CT molecular complexity index is 1440. The molecule has 1 amide bonds. The molecule has 0 aliphatic carbocycles. The number of rotatable bonds is 7. The molecule has 176 valence electrons. The minimum atomic E-state index is -4.19. The van der Waals surface area contributed by atoms with Crippen molar-refractivity contribution in [2.45, 2.75) is 24.8 Å². The smallest absolute Gasteiger partial charge is 0.261 e. The molecular weight excluding hydrogens is 462 g/mol. The number of para-hydroxylation sites is 2. The number of fused-ring (bicyclic) bond motifs is 1. The fraction of sp³-hybridized carbons (Fsp3) is 0.167. The largest absolute Gasteiger partial charge is 0.342 e.